The van der Waals surface area contributed by atoms with Gasteiger partial charge < -0.3 is 15.5 Å². The maximum absolute atomic E-state index is 10.9. The summed E-state index contributed by atoms with van der Waals surface area (Å²) in [6.45, 7) is 2.26. The fraction of sp³-hybridized carbons (Fsp3) is 0.364. The van der Waals surface area contributed by atoms with E-state index in [9.17, 15) is 20.0 Å². The topological polar surface area (TPSA) is 113 Å². The third-order valence-corrected chi connectivity index (χ3v) is 2.42. The summed E-state index contributed by atoms with van der Waals surface area (Å²) in [6.07, 6.45) is 0.115. The maximum Gasteiger partial charge on any atom is 0.321 e. The normalized spacial score (nSPS) is 11.4. The van der Waals surface area contributed by atoms with Crippen molar-refractivity contribution in [2.75, 3.05) is 6.54 Å². The molecule has 1 rings (SSSR count). The first-order valence-electron chi connectivity index (χ1n) is 5.38. The molecule has 0 aliphatic heterocycles. The van der Waals surface area contributed by atoms with Gasteiger partial charge in [-0.05, 0) is 24.6 Å². The number of benzene rings is 1. The number of aliphatic carboxylic acids is 1. The highest BCUT2D eigenvalue weighted by atomic mass is 35.5. The third kappa shape index (κ3) is 4.72. The molecule has 19 heavy (non-hydrogen) atoms. The molecule has 1 atom stereocenters. The van der Waals surface area contributed by atoms with Crippen LogP contribution in [-0.4, -0.2) is 33.7 Å². The molecule has 0 amide bonds. The Bertz CT molecular complexity index is 466. The zero-order valence-electron chi connectivity index (χ0n) is 10.2. The minimum atomic E-state index is -1.02. The number of nitrogens with zero attached hydrogens (tertiary/aromatic N) is 1. The van der Waals surface area contributed by atoms with E-state index in [-0.39, 0.29) is 18.8 Å². The summed E-state index contributed by atoms with van der Waals surface area (Å²) in [5, 5.41) is 31.6. The average Bonchev–Trinajstić information content (AvgIpc) is 2.30. The van der Waals surface area contributed by atoms with Crippen LogP contribution in [0.2, 0.25) is 0 Å². The molecule has 106 valence electrons. The highest BCUT2D eigenvalue weighted by Crippen LogP contribution is 2.26. The zero-order chi connectivity index (χ0) is 13.7. The van der Waals surface area contributed by atoms with Crippen molar-refractivity contribution in [2.24, 2.45) is 0 Å². The van der Waals surface area contributed by atoms with Crippen molar-refractivity contribution in [3.8, 4) is 5.75 Å². The van der Waals surface area contributed by atoms with Crippen molar-refractivity contribution >= 4 is 24.1 Å². The Morgan fingerprint density at radius 1 is 1.53 bits per heavy atom. The number of phenols is 1. The lowest BCUT2D eigenvalue weighted by atomic mass is 10.0. The number of likely N-dealkylation sites (N-methyl/N-ethyl adjacent to an activating group) is 1. The maximum atomic E-state index is 10.9. The van der Waals surface area contributed by atoms with E-state index in [1.807, 2.05) is 0 Å². The standard InChI is InChI=1S/C11H14N2O5.ClH/c1-2-12-8(11(15)16)5-7-3-4-10(14)9(6-7)13(17)18;/h3-4,6,8,12,14H,2,5H2,1H3,(H,15,16);1H/t8-;/m0./s1. The van der Waals surface area contributed by atoms with Gasteiger partial charge in [0.15, 0.2) is 5.75 Å². The van der Waals surface area contributed by atoms with Gasteiger partial charge in [0.2, 0.25) is 0 Å². The number of aromatic hydroxyl groups is 1. The molecule has 0 heterocycles. The van der Waals surface area contributed by atoms with Crippen molar-refractivity contribution in [3.63, 3.8) is 0 Å². The van der Waals surface area contributed by atoms with Gasteiger partial charge in [-0.3, -0.25) is 14.9 Å². The number of hydrogen-bond donors (Lipinski definition) is 3. The first-order chi connectivity index (χ1) is 8.45. The Kier molecular flexibility index (Phi) is 6.81. The summed E-state index contributed by atoms with van der Waals surface area (Å²) in [7, 11) is 0. The molecule has 1 aromatic rings. The quantitative estimate of drug-likeness (QED) is 0.538. The molecule has 0 unspecified atom stereocenters. The second-order valence-corrected chi connectivity index (χ2v) is 3.73. The average molecular weight is 291 g/mol. The fourth-order valence-electron chi connectivity index (χ4n) is 1.57. The molecule has 0 aliphatic carbocycles. The van der Waals surface area contributed by atoms with Crippen LogP contribution in [-0.2, 0) is 11.2 Å². The van der Waals surface area contributed by atoms with E-state index in [4.69, 9.17) is 5.11 Å². The summed E-state index contributed by atoms with van der Waals surface area (Å²) in [4.78, 5) is 20.9. The molecule has 0 bridgehead atoms. The largest absolute Gasteiger partial charge is 0.502 e. The zero-order valence-corrected chi connectivity index (χ0v) is 11.0. The lowest BCUT2D eigenvalue weighted by Crippen LogP contribution is -2.38. The van der Waals surface area contributed by atoms with Gasteiger partial charge >= 0.3 is 11.7 Å². The van der Waals surface area contributed by atoms with E-state index in [2.05, 4.69) is 5.32 Å². The van der Waals surface area contributed by atoms with Crippen molar-refractivity contribution in [1.82, 2.24) is 5.32 Å². The Morgan fingerprint density at radius 2 is 2.16 bits per heavy atom. The van der Waals surface area contributed by atoms with Crippen molar-refractivity contribution in [3.05, 3.63) is 33.9 Å². The summed E-state index contributed by atoms with van der Waals surface area (Å²) in [5.41, 5.74) is 0.0565. The van der Waals surface area contributed by atoms with E-state index in [1.165, 1.54) is 18.2 Å². The number of rotatable bonds is 6. The molecule has 1 aromatic carbocycles. The minimum Gasteiger partial charge on any atom is -0.502 e. The van der Waals surface area contributed by atoms with Gasteiger partial charge in [0, 0.05) is 6.07 Å². The number of carbonyl (C=O) groups is 1. The summed E-state index contributed by atoms with van der Waals surface area (Å²) < 4.78 is 0. The monoisotopic (exact) mass is 290 g/mol. The number of halogens is 1. The van der Waals surface area contributed by atoms with Crippen LogP contribution in [0.4, 0.5) is 5.69 Å². The molecule has 0 spiro atoms. The molecule has 0 saturated carbocycles. The van der Waals surface area contributed by atoms with Crippen LogP contribution < -0.4 is 5.32 Å². The van der Waals surface area contributed by atoms with E-state index < -0.39 is 28.4 Å². The Labute approximate surface area is 115 Å². The summed E-state index contributed by atoms with van der Waals surface area (Å²) in [6, 6.07) is 3.04. The molecule has 0 saturated heterocycles. The molecule has 3 N–H and O–H groups in total. The molecular formula is C11H15ClN2O5. The van der Waals surface area contributed by atoms with Crippen LogP contribution in [0.5, 0.6) is 5.75 Å². The van der Waals surface area contributed by atoms with Crippen LogP contribution in [0.1, 0.15) is 12.5 Å². The molecule has 0 fully saturated rings. The number of nitrogens with one attached hydrogen (secondary N) is 1. The second-order valence-electron chi connectivity index (χ2n) is 3.73. The Hall–Kier alpha value is -1.86. The third-order valence-electron chi connectivity index (χ3n) is 2.42. The smallest absolute Gasteiger partial charge is 0.321 e. The highest BCUT2D eigenvalue weighted by Gasteiger charge is 2.19. The van der Waals surface area contributed by atoms with Crippen molar-refractivity contribution in [1.29, 1.82) is 0 Å². The van der Waals surface area contributed by atoms with Crippen LogP contribution in [0.3, 0.4) is 0 Å². The van der Waals surface area contributed by atoms with Crippen LogP contribution in [0.15, 0.2) is 18.2 Å². The summed E-state index contributed by atoms with van der Waals surface area (Å²) >= 11 is 0. The lowest BCUT2D eigenvalue weighted by Gasteiger charge is -2.12. The minimum absolute atomic E-state index is 0. The van der Waals surface area contributed by atoms with Gasteiger partial charge in [-0.1, -0.05) is 13.0 Å². The molecule has 0 aromatic heterocycles. The molecule has 7 nitrogen and oxygen atoms in total. The van der Waals surface area contributed by atoms with E-state index in [0.717, 1.165) is 0 Å². The van der Waals surface area contributed by atoms with E-state index in [0.29, 0.717) is 12.1 Å². The SMILES string of the molecule is CCN[C@@H](Cc1ccc(O)c([N+](=O)[O-])c1)C(=O)O.Cl. The van der Waals surface area contributed by atoms with Gasteiger partial charge in [0.05, 0.1) is 4.92 Å². The van der Waals surface area contributed by atoms with Crippen LogP contribution in [0, 0.1) is 10.1 Å². The first-order valence-corrected chi connectivity index (χ1v) is 5.38. The highest BCUT2D eigenvalue weighted by molar-refractivity contribution is 5.85. The Balaban J connectivity index is 0.00000324. The summed E-state index contributed by atoms with van der Waals surface area (Å²) in [5.74, 6) is -1.45. The number of nitro groups is 1. The number of carboxylic acids is 1. The molecule has 8 heteroatoms. The van der Waals surface area contributed by atoms with Gasteiger partial charge in [-0.15, -0.1) is 12.4 Å². The van der Waals surface area contributed by atoms with Gasteiger partial charge in [-0.25, -0.2) is 0 Å². The molecule has 0 radical (unpaired) electrons. The number of phenolic OH excluding ortho intramolecular Hbond substituents is 1. The van der Waals surface area contributed by atoms with Gasteiger partial charge in [-0.2, -0.15) is 0 Å². The van der Waals surface area contributed by atoms with Crippen LogP contribution >= 0.6 is 12.4 Å². The van der Waals surface area contributed by atoms with E-state index in [1.54, 1.807) is 6.92 Å². The number of nitro benzene ring substituents is 1. The van der Waals surface area contributed by atoms with Gasteiger partial charge in [0.25, 0.3) is 0 Å². The number of hydrogen-bond acceptors (Lipinski definition) is 5. The Morgan fingerprint density at radius 3 is 2.63 bits per heavy atom. The van der Waals surface area contributed by atoms with E-state index >= 15 is 0 Å². The predicted molar refractivity (Wildman–Crippen MR) is 70.8 cm³/mol. The second kappa shape index (κ2) is 7.55. The van der Waals surface area contributed by atoms with Crippen LogP contribution in [0.25, 0.3) is 0 Å². The molecular weight excluding hydrogens is 276 g/mol. The first kappa shape index (κ1) is 17.1. The van der Waals surface area contributed by atoms with Crippen molar-refractivity contribution < 1.29 is 19.9 Å². The molecule has 0 aliphatic rings. The van der Waals surface area contributed by atoms with Crippen molar-refractivity contribution in [2.45, 2.75) is 19.4 Å². The fourth-order valence-corrected chi connectivity index (χ4v) is 1.57. The lowest BCUT2D eigenvalue weighted by molar-refractivity contribution is -0.385. The van der Waals surface area contributed by atoms with Gasteiger partial charge in [0.1, 0.15) is 6.04 Å². The predicted octanol–water partition coefficient (Wildman–Crippen LogP) is 1.33. The number of carboxylic acid groups (broad SMARTS) is 1.